The molecular weight excluding hydrogens is 420 g/mol. The van der Waals surface area contributed by atoms with Crippen molar-refractivity contribution in [2.75, 3.05) is 37.7 Å². The van der Waals surface area contributed by atoms with Gasteiger partial charge in [-0.3, -0.25) is 9.20 Å². The van der Waals surface area contributed by atoms with Crippen LogP contribution in [-0.2, 0) is 6.42 Å². The minimum atomic E-state index is -0.0817. The minimum absolute atomic E-state index is 0.0729. The Bertz CT molecular complexity index is 1260. The van der Waals surface area contributed by atoms with E-state index in [0.29, 0.717) is 44.7 Å². The van der Waals surface area contributed by atoms with Gasteiger partial charge in [-0.2, -0.15) is 5.10 Å². The largest absolute Gasteiger partial charge is 0.396 e. The highest BCUT2D eigenvalue weighted by Crippen LogP contribution is 2.21. The molecule has 10 heteroatoms. The average Bonchev–Trinajstić information content (AvgIpc) is 3.47. The van der Waals surface area contributed by atoms with Gasteiger partial charge in [0, 0.05) is 56.9 Å². The van der Waals surface area contributed by atoms with Crippen LogP contribution in [-0.4, -0.2) is 78.1 Å². The summed E-state index contributed by atoms with van der Waals surface area (Å²) in [6, 6.07) is 9.74. The number of rotatable bonds is 6. The number of anilines is 1. The fourth-order valence-corrected chi connectivity index (χ4v) is 4.18. The Balaban J connectivity index is 1.34. The van der Waals surface area contributed by atoms with Crippen molar-refractivity contribution in [1.82, 2.24) is 34.3 Å². The molecule has 0 saturated carbocycles. The molecule has 10 nitrogen and oxygen atoms in total. The molecule has 1 aliphatic rings. The number of hydrogen-bond donors (Lipinski definition) is 1. The summed E-state index contributed by atoms with van der Waals surface area (Å²) in [5, 5.41) is 22.3. The smallest absolute Gasteiger partial charge is 0.274 e. The summed E-state index contributed by atoms with van der Waals surface area (Å²) in [5.74, 6) is 1.51. The van der Waals surface area contributed by atoms with E-state index in [9.17, 15) is 9.90 Å². The molecule has 0 bridgehead atoms. The maximum atomic E-state index is 13.4. The molecule has 1 fully saturated rings. The van der Waals surface area contributed by atoms with Crippen LogP contribution in [0, 0.1) is 6.92 Å². The van der Waals surface area contributed by atoms with E-state index >= 15 is 0 Å². The van der Waals surface area contributed by atoms with E-state index in [1.807, 2.05) is 58.9 Å². The van der Waals surface area contributed by atoms with Gasteiger partial charge in [0.05, 0.1) is 5.69 Å². The molecule has 1 amide bonds. The summed E-state index contributed by atoms with van der Waals surface area (Å²) in [6.45, 7) is 4.40. The van der Waals surface area contributed by atoms with Gasteiger partial charge in [0.15, 0.2) is 11.5 Å². The molecule has 33 heavy (non-hydrogen) atoms. The molecule has 1 aliphatic heterocycles. The maximum Gasteiger partial charge on any atom is 0.274 e. The summed E-state index contributed by atoms with van der Waals surface area (Å²) in [6.07, 6.45) is 6.68. The number of carbonyl (C=O) groups excluding carboxylic acids is 1. The molecule has 1 aromatic carbocycles. The maximum absolute atomic E-state index is 13.4. The van der Waals surface area contributed by atoms with Crippen molar-refractivity contribution in [2.24, 2.45) is 0 Å². The van der Waals surface area contributed by atoms with E-state index in [4.69, 9.17) is 0 Å². The van der Waals surface area contributed by atoms with Crippen LogP contribution in [0.2, 0.25) is 0 Å². The van der Waals surface area contributed by atoms with Crippen LogP contribution in [0.5, 0.6) is 0 Å². The second-order valence-corrected chi connectivity index (χ2v) is 8.08. The molecule has 0 aliphatic carbocycles. The molecule has 170 valence electrons. The lowest BCUT2D eigenvalue weighted by molar-refractivity contribution is 0.0739. The molecule has 0 atom stereocenters. The number of amides is 1. The summed E-state index contributed by atoms with van der Waals surface area (Å²) < 4.78 is 3.66. The Morgan fingerprint density at radius 2 is 1.88 bits per heavy atom. The monoisotopic (exact) mass is 446 g/mol. The average molecular weight is 447 g/mol. The van der Waals surface area contributed by atoms with Crippen molar-refractivity contribution in [3.63, 3.8) is 0 Å². The summed E-state index contributed by atoms with van der Waals surface area (Å²) in [4.78, 5) is 21.9. The number of aromatic nitrogens is 6. The number of piperazine rings is 1. The highest BCUT2D eigenvalue weighted by Gasteiger charge is 2.28. The molecule has 5 rings (SSSR count). The van der Waals surface area contributed by atoms with Crippen LogP contribution >= 0.6 is 0 Å². The highest BCUT2D eigenvalue weighted by atomic mass is 16.3. The number of aryl methyl sites for hydroxylation is 2. The van der Waals surface area contributed by atoms with E-state index in [2.05, 4.69) is 25.2 Å². The van der Waals surface area contributed by atoms with E-state index in [0.717, 1.165) is 28.5 Å². The van der Waals surface area contributed by atoms with Crippen LogP contribution < -0.4 is 4.90 Å². The third-order valence-electron chi connectivity index (χ3n) is 5.96. The Labute approximate surface area is 191 Å². The van der Waals surface area contributed by atoms with Gasteiger partial charge < -0.3 is 14.9 Å². The summed E-state index contributed by atoms with van der Waals surface area (Å²) in [5.41, 5.74) is 2.93. The quantitative estimate of drug-likeness (QED) is 0.479. The summed E-state index contributed by atoms with van der Waals surface area (Å²) >= 11 is 0. The van der Waals surface area contributed by atoms with Gasteiger partial charge in [0.25, 0.3) is 5.91 Å². The lowest BCUT2D eigenvalue weighted by atomic mass is 10.1. The van der Waals surface area contributed by atoms with Crippen molar-refractivity contribution in [2.45, 2.75) is 19.8 Å². The second-order valence-electron chi connectivity index (χ2n) is 8.08. The van der Waals surface area contributed by atoms with Gasteiger partial charge >= 0.3 is 0 Å². The highest BCUT2D eigenvalue weighted by molar-refractivity contribution is 5.94. The second kappa shape index (κ2) is 8.99. The van der Waals surface area contributed by atoms with Crippen molar-refractivity contribution in [3.05, 3.63) is 66.0 Å². The zero-order valence-corrected chi connectivity index (χ0v) is 18.5. The standard InChI is InChI=1S/C23H26N8O2/c1-17-25-26-22-21(24-9-10-30(17)22)28-11-13-29(14-12-28)23(33)20-18(6-5-15-32)16-31(27-20)19-7-3-2-4-8-19/h2-4,7-10,16,32H,5-6,11-15H2,1H3. The minimum Gasteiger partial charge on any atom is -0.396 e. The van der Waals surface area contributed by atoms with Gasteiger partial charge in [0.2, 0.25) is 5.65 Å². The first kappa shape index (κ1) is 21.1. The van der Waals surface area contributed by atoms with Crippen LogP contribution in [0.25, 0.3) is 11.3 Å². The predicted octanol–water partition coefficient (Wildman–Crippen LogP) is 1.51. The number of carbonyl (C=O) groups is 1. The Morgan fingerprint density at radius 3 is 2.64 bits per heavy atom. The normalized spacial score (nSPS) is 14.2. The zero-order chi connectivity index (χ0) is 22.8. The third kappa shape index (κ3) is 4.05. The SMILES string of the molecule is Cc1nnc2c(N3CCN(C(=O)c4nn(-c5ccccc5)cc4CCCO)CC3)nccn12. The first-order chi connectivity index (χ1) is 16.2. The Kier molecular flexibility index (Phi) is 5.74. The topological polar surface area (TPSA) is 105 Å². The van der Waals surface area contributed by atoms with E-state index < -0.39 is 0 Å². The number of hydrogen-bond acceptors (Lipinski definition) is 7. The number of benzene rings is 1. The fourth-order valence-electron chi connectivity index (χ4n) is 4.18. The number of nitrogens with zero attached hydrogens (tertiary/aromatic N) is 8. The third-order valence-corrected chi connectivity index (χ3v) is 5.96. The van der Waals surface area contributed by atoms with Crippen LogP contribution in [0.4, 0.5) is 5.82 Å². The molecule has 1 saturated heterocycles. The van der Waals surface area contributed by atoms with Crippen molar-refractivity contribution >= 4 is 17.4 Å². The van der Waals surface area contributed by atoms with Gasteiger partial charge in [-0.05, 0) is 31.9 Å². The lowest BCUT2D eigenvalue weighted by Gasteiger charge is -2.35. The number of aliphatic hydroxyl groups excluding tert-OH is 1. The molecule has 3 aromatic heterocycles. The lowest BCUT2D eigenvalue weighted by Crippen LogP contribution is -2.49. The Morgan fingerprint density at radius 1 is 1.09 bits per heavy atom. The zero-order valence-electron chi connectivity index (χ0n) is 18.5. The fraction of sp³-hybridized carbons (Fsp3) is 0.348. The number of fused-ring (bicyclic) bond motifs is 1. The Hall–Kier alpha value is -3.79. The van der Waals surface area contributed by atoms with E-state index in [-0.39, 0.29) is 12.5 Å². The molecule has 4 aromatic rings. The molecule has 0 unspecified atom stereocenters. The van der Waals surface area contributed by atoms with Gasteiger partial charge in [-0.15, -0.1) is 10.2 Å². The van der Waals surface area contributed by atoms with Gasteiger partial charge in [0.1, 0.15) is 5.82 Å². The van der Waals surface area contributed by atoms with Crippen molar-refractivity contribution in [1.29, 1.82) is 0 Å². The molecular formula is C23H26N8O2. The number of aliphatic hydroxyl groups is 1. The molecule has 0 radical (unpaired) electrons. The summed E-state index contributed by atoms with van der Waals surface area (Å²) in [7, 11) is 0. The molecule has 1 N–H and O–H groups in total. The van der Waals surface area contributed by atoms with Crippen molar-refractivity contribution < 1.29 is 9.90 Å². The van der Waals surface area contributed by atoms with Gasteiger partial charge in [-0.1, -0.05) is 18.2 Å². The van der Waals surface area contributed by atoms with Crippen LogP contribution in [0.15, 0.2) is 48.9 Å². The van der Waals surface area contributed by atoms with Crippen molar-refractivity contribution in [3.8, 4) is 5.69 Å². The van der Waals surface area contributed by atoms with E-state index in [1.165, 1.54) is 0 Å². The first-order valence-corrected chi connectivity index (χ1v) is 11.1. The first-order valence-electron chi connectivity index (χ1n) is 11.1. The van der Waals surface area contributed by atoms with E-state index in [1.54, 1.807) is 10.9 Å². The van der Waals surface area contributed by atoms with Crippen LogP contribution in [0.1, 0.15) is 28.3 Å². The molecule has 0 spiro atoms. The van der Waals surface area contributed by atoms with Gasteiger partial charge in [-0.25, -0.2) is 9.67 Å². The van der Waals surface area contributed by atoms with Crippen LogP contribution in [0.3, 0.4) is 0 Å². The molecule has 4 heterocycles. The number of para-hydroxylation sites is 1. The predicted molar refractivity (Wildman–Crippen MR) is 123 cm³/mol.